The summed E-state index contributed by atoms with van der Waals surface area (Å²) >= 11 is 1.64. The van der Waals surface area contributed by atoms with Crippen LogP contribution in [-0.2, 0) is 4.74 Å². The standard InChI is InChI=1S/C13H23N3O2S/c1-9(11-10(2)16-8-19-11)14-6-7-15-12(17)18-13(3,4)5/h8-9,14H,6-7H2,1-5H3,(H,15,17). The van der Waals surface area contributed by atoms with Gasteiger partial charge in [0.1, 0.15) is 5.60 Å². The lowest BCUT2D eigenvalue weighted by atomic mass is 10.2. The van der Waals surface area contributed by atoms with Crippen LogP contribution in [-0.4, -0.2) is 29.8 Å². The Hall–Kier alpha value is -1.14. The van der Waals surface area contributed by atoms with Gasteiger partial charge in [-0.05, 0) is 34.6 Å². The number of aryl methyl sites for hydroxylation is 1. The largest absolute Gasteiger partial charge is 0.444 e. The Morgan fingerprint density at radius 2 is 2.16 bits per heavy atom. The molecule has 1 unspecified atom stereocenters. The first-order valence-corrected chi connectivity index (χ1v) is 7.28. The molecular formula is C13H23N3O2S. The molecule has 0 spiro atoms. The third-order valence-electron chi connectivity index (χ3n) is 2.42. The minimum Gasteiger partial charge on any atom is -0.444 e. The molecule has 0 saturated carbocycles. The normalized spacial score (nSPS) is 13.1. The van der Waals surface area contributed by atoms with Gasteiger partial charge in [-0.3, -0.25) is 0 Å². The van der Waals surface area contributed by atoms with Gasteiger partial charge in [0.2, 0.25) is 0 Å². The van der Waals surface area contributed by atoms with Crippen LogP contribution in [0, 0.1) is 6.92 Å². The molecule has 2 N–H and O–H groups in total. The number of carbonyl (C=O) groups is 1. The monoisotopic (exact) mass is 285 g/mol. The second kappa shape index (κ2) is 6.86. The van der Waals surface area contributed by atoms with Crippen molar-refractivity contribution in [3.8, 4) is 0 Å². The third kappa shape index (κ3) is 6.02. The average Bonchev–Trinajstić information content (AvgIpc) is 2.68. The van der Waals surface area contributed by atoms with E-state index in [-0.39, 0.29) is 12.1 Å². The van der Waals surface area contributed by atoms with Crippen LogP contribution in [0.1, 0.15) is 44.3 Å². The van der Waals surface area contributed by atoms with E-state index in [9.17, 15) is 4.79 Å². The summed E-state index contributed by atoms with van der Waals surface area (Å²) in [7, 11) is 0. The van der Waals surface area contributed by atoms with Crippen LogP contribution in [0.4, 0.5) is 4.79 Å². The van der Waals surface area contributed by atoms with Crippen LogP contribution in [0.25, 0.3) is 0 Å². The fraction of sp³-hybridized carbons (Fsp3) is 0.692. The highest BCUT2D eigenvalue weighted by atomic mass is 32.1. The molecule has 1 heterocycles. The number of ether oxygens (including phenoxy) is 1. The Kier molecular flexibility index (Phi) is 5.75. The van der Waals surface area contributed by atoms with E-state index in [1.807, 2.05) is 33.2 Å². The quantitative estimate of drug-likeness (QED) is 0.816. The molecule has 19 heavy (non-hydrogen) atoms. The molecule has 1 aromatic heterocycles. The highest BCUT2D eigenvalue weighted by molar-refractivity contribution is 7.09. The maximum absolute atomic E-state index is 11.4. The molecular weight excluding hydrogens is 262 g/mol. The number of hydrogen-bond donors (Lipinski definition) is 2. The first-order chi connectivity index (χ1) is 8.79. The SMILES string of the molecule is Cc1ncsc1C(C)NCCNC(=O)OC(C)(C)C. The number of aromatic nitrogens is 1. The van der Waals surface area contributed by atoms with Crippen molar-refractivity contribution in [2.24, 2.45) is 0 Å². The Morgan fingerprint density at radius 1 is 1.47 bits per heavy atom. The van der Waals surface area contributed by atoms with Crippen LogP contribution in [0.5, 0.6) is 0 Å². The summed E-state index contributed by atoms with van der Waals surface area (Å²) in [5.74, 6) is 0. The Bertz CT molecular complexity index is 412. The molecule has 0 saturated heterocycles. The average molecular weight is 285 g/mol. The summed E-state index contributed by atoms with van der Waals surface area (Å²) in [6, 6.07) is 0.243. The van der Waals surface area contributed by atoms with E-state index in [0.29, 0.717) is 13.1 Å². The van der Waals surface area contributed by atoms with Crippen LogP contribution in [0.15, 0.2) is 5.51 Å². The number of nitrogens with zero attached hydrogens (tertiary/aromatic N) is 1. The van der Waals surface area contributed by atoms with Crippen molar-refractivity contribution in [3.05, 3.63) is 16.1 Å². The zero-order valence-corrected chi connectivity index (χ0v) is 13.1. The molecule has 6 heteroatoms. The molecule has 0 aromatic carbocycles. The van der Waals surface area contributed by atoms with Crippen molar-refractivity contribution >= 4 is 17.4 Å². The first kappa shape index (κ1) is 15.9. The zero-order valence-electron chi connectivity index (χ0n) is 12.2. The molecule has 0 aliphatic rings. The van der Waals surface area contributed by atoms with Crippen molar-refractivity contribution in [1.29, 1.82) is 0 Å². The second-order valence-corrected chi connectivity index (χ2v) is 6.29. The summed E-state index contributed by atoms with van der Waals surface area (Å²) < 4.78 is 5.15. The number of rotatable bonds is 5. The lowest BCUT2D eigenvalue weighted by Gasteiger charge is -2.20. The molecule has 0 aliphatic heterocycles. The van der Waals surface area contributed by atoms with Crippen molar-refractivity contribution in [1.82, 2.24) is 15.6 Å². The van der Waals surface area contributed by atoms with Gasteiger partial charge < -0.3 is 15.4 Å². The van der Waals surface area contributed by atoms with Gasteiger partial charge in [0.15, 0.2) is 0 Å². The van der Waals surface area contributed by atoms with Crippen LogP contribution >= 0.6 is 11.3 Å². The van der Waals surface area contributed by atoms with Gasteiger partial charge in [-0.25, -0.2) is 9.78 Å². The predicted octanol–water partition coefficient (Wildman–Crippen LogP) is 2.63. The number of alkyl carbamates (subject to hydrolysis) is 1. The molecule has 1 rings (SSSR count). The van der Waals surface area contributed by atoms with E-state index in [1.165, 1.54) is 4.88 Å². The topological polar surface area (TPSA) is 63.2 Å². The molecule has 1 amide bonds. The van der Waals surface area contributed by atoms with Crippen molar-refractivity contribution in [3.63, 3.8) is 0 Å². The van der Waals surface area contributed by atoms with Gasteiger partial charge in [-0.15, -0.1) is 11.3 Å². The number of hydrogen-bond acceptors (Lipinski definition) is 5. The van der Waals surface area contributed by atoms with Crippen molar-refractivity contribution in [2.75, 3.05) is 13.1 Å². The number of amides is 1. The van der Waals surface area contributed by atoms with E-state index in [0.717, 1.165) is 5.69 Å². The van der Waals surface area contributed by atoms with Gasteiger partial charge in [-0.1, -0.05) is 0 Å². The summed E-state index contributed by atoms with van der Waals surface area (Å²) in [6.45, 7) is 10.9. The Balaban J connectivity index is 2.21. The first-order valence-electron chi connectivity index (χ1n) is 6.40. The second-order valence-electron chi connectivity index (χ2n) is 5.41. The number of carbonyl (C=O) groups excluding carboxylic acids is 1. The van der Waals surface area contributed by atoms with Crippen LogP contribution in [0.2, 0.25) is 0 Å². The molecule has 0 aliphatic carbocycles. The fourth-order valence-corrected chi connectivity index (χ4v) is 2.42. The third-order valence-corrected chi connectivity index (χ3v) is 3.53. The minimum absolute atomic E-state index is 0.243. The number of nitrogens with one attached hydrogen (secondary N) is 2. The highest BCUT2D eigenvalue weighted by Crippen LogP contribution is 2.20. The smallest absolute Gasteiger partial charge is 0.407 e. The fourth-order valence-electron chi connectivity index (χ4n) is 1.59. The minimum atomic E-state index is -0.454. The zero-order chi connectivity index (χ0) is 14.5. The van der Waals surface area contributed by atoms with Crippen LogP contribution in [0.3, 0.4) is 0 Å². The maximum Gasteiger partial charge on any atom is 0.407 e. The van der Waals surface area contributed by atoms with Crippen LogP contribution < -0.4 is 10.6 Å². The molecule has 1 aromatic rings. The van der Waals surface area contributed by atoms with Gasteiger partial charge >= 0.3 is 6.09 Å². The Morgan fingerprint density at radius 3 is 2.68 bits per heavy atom. The van der Waals surface area contributed by atoms with E-state index < -0.39 is 5.60 Å². The highest BCUT2D eigenvalue weighted by Gasteiger charge is 2.15. The summed E-state index contributed by atoms with van der Waals surface area (Å²) in [5, 5.41) is 6.06. The lowest BCUT2D eigenvalue weighted by molar-refractivity contribution is 0.0528. The molecule has 1 atom stereocenters. The Labute approximate surface area is 118 Å². The van der Waals surface area contributed by atoms with Crippen molar-refractivity contribution in [2.45, 2.75) is 46.3 Å². The molecule has 0 fully saturated rings. The van der Waals surface area contributed by atoms with E-state index in [4.69, 9.17) is 4.74 Å². The molecule has 0 bridgehead atoms. The van der Waals surface area contributed by atoms with Gasteiger partial charge in [0.25, 0.3) is 0 Å². The van der Waals surface area contributed by atoms with Gasteiger partial charge in [-0.2, -0.15) is 0 Å². The van der Waals surface area contributed by atoms with Gasteiger partial charge in [0, 0.05) is 24.0 Å². The predicted molar refractivity (Wildman–Crippen MR) is 77.5 cm³/mol. The summed E-state index contributed by atoms with van der Waals surface area (Å²) in [6.07, 6.45) is -0.379. The van der Waals surface area contributed by atoms with E-state index >= 15 is 0 Å². The molecule has 108 valence electrons. The summed E-state index contributed by atoms with van der Waals surface area (Å²) in [4.78, 5) is 16.9. The molecule has 5 nitrogen and oxygen atoms in total. The van der Waals surface area contributed by atoms with Gasteiger partial charge in [0.05, 0.1) is 11.2 Å². The van der Waals surface area contributed by atoms with E-state index in [2.05, 4.69) is 22.5 Å². The summed E-state index contributed by atoms with van der Waals surface area (Å²) in [5.41, 5.74) is 2.46. The number of thiazole rings is 1. The van der Waals surface area contributed by atoms with E-state index in [1.54, 1.807) is 11.3 Å². The van der Waals surface area contributed by atoms with Crippen molar-refractivity contribution < 1.29 is 9.53 Å². The molecule has 0 radical (unpaired) electrons. The maximum atomic E-state index is 11.4. The lowest BCUT2D eigenvalue weighted by Crippen LogP contribution is -2.36.